The molecular weight excluding hydrogens is 344 g/mol. The maximum absolute atomic E-state index is 12.9. The van der Waals surface area contributed by atoms with Gasteiger partial charge in [-0.1, -0.05) is 66.2 Å². The molecule has 1 heterocycles. The number of benzene rings is 3. The number of aromatic nitrogens is 1. The van der Waals surface area contributed by atoms with E-state index in [1.54, 1.807) is 6.20 Å². The van der Waals surface area contributed by atoms with Crippen molar-refractivity contribution in [3.05, 3.63) is 108 Å². The van der Waals surface area contributed by atoms with Crippen LogP contribution in [0.3, 0.4) is 0 Å². The monoisotopic (exact) mass is 366 g/mol. The van der Waals surface area contributed by atoms with E-state index in [-0.39, 0.29) is 11.8 Å². The number of nitrogens with zero attached hydrogens (tertiary/aromatic N) is 1. The van der Waals surface area contributed by atoms with Crippen LogP contribution in [-0.2, 0) is 0 Å². The fourth-order valence-corrected chi connectivity index (χ4v) is 3.36. The van der Waals surface area contributed by atoms with E-state index >= 15 is 0 Å². The van der Waals surface area contributed by atoms with Crippen LogP contribution < -0.4 is 5.32 Å². The maximum Gasteiger partial charge on any atom is 0.165 e. The van der Waals surface area contributed by atoms with Gasteiger partial charge in [0.2, 0.25) is 0 Å². The van der Waals surface area contributed by atoms with Crippen LogP contribution in [0.25, 0.3) is 10.8 Å². The summed E-state index contributed by atoms with van der Waals surface area (Å²) in [6.45, 7) is 2.02. The largest absolute Gasteiger partial charge is 0.378 e. The summed E-state index contributed by atoms with van der Waals surface area (Å²) in [5, 5.41) is 5.90. The Morgan fingerprint density at radius 2 is 1.71 bits per heavy atom. The number of aryl methyl sites for hydroxylation is 1. The number of hydrogen-bond acceptors (Lipinski definition) is 3. The van der Waals surface area contributed by atoms with Crippen LogP contribution in [0.1, 0.15) is 33.9 Å². The highest BCUT2D eigenvalue weighted by Gasteiger charge is 2.18. The van der Waals surface area contributed by atoms with E-state index in [4.69, 9.17) is 0 Å². The van der Waals surface area contributed by atoms with E-state index in [1.165, 1.54) is 10.8 Å². The molecular formula is C25H22N2O. The number of hydrogen-bond donors (Lipinski definition) is 1. The first-order chi connectivity index (χ1) is 13.7. The predicted octanol–water partition coefficient (Wildman–Crippen LogP) is 5.97. The normalized spacial score (nSPS) is 11.9. The summed E-state index contributed by atoms with van der Waals surface area (Å²) in [4.78, 5) is 17.1. The number of nitrogens with one attached hydrogen (secondary N) is 1. The first-order valence-electron chi connectivity index (χ1n) is 9.44. The van der Waals surface area contributed by atoms with E-state index < -0.39 is 0 Å². The van der Waals surface area contributed by atoms with E-state index in [0.29, 0.717) is 6.42 Å². The van der Waals surface area contributed by atoms with E-state index in [2.05, 4.69) is 40.6 Å². The molecule has 1 aromatic heterocycles. The lowest BCUT2D eigenvalue weighted by Crippen LogP contribution is -2.16. The summed E-state index contributed by atoms with van der Waals surface area (Å²) in [7, 11) is 0. The molecule has 0 saturated carbocycles. The second-order valence-corrected chi connectivity index (χ2v) is 7.04. The van der Waals surface area contributed by atoms with Gasteiger partial charge in [-0.05, 0) is 41.5 Å². The Labute approximate surface area is 165 Å². The van der Waals surface area contributed by atoms with Gasteiger partial charge in [-0.2, -0.15) is 0 Å². The van der Waals surface area contributed by atoms with Gasteiger partial charge in [0.1, 0.15) is 0 Å². The minimum Gasteiger partial charge on any atom is -0.378 e. The second kappa shape index (κ2) is 8.05. The van der Waals surface area contributed by atoms with Crippen molar-refractivity contribution in [2.75, 3.05) is 5.32 Å². The third-order valence-electron chi connectivity index (χ3n) is 4.94. The average Bonchev–Trinajstić information content (AvgIpc) is 2.74. The highest BCUT2D eigenvalue weighted by molar-refractivity contribution is 5.96. The topological polar surface area (TPSA) is 42.0 Å². The number of anilines is 1. The van der Waals surface area contributed by atoms with Crippen molar-refractivity contribution >= 4 is 22.2 Å². The summed E-state index contributed by atoms with van der Waals surface area (Å²) in [6.07, 6.45) is 3.93. The van der Waals surface area contributed by atoms with Gasteiger partial charge in [0.15, 0.2) is 5.78 Å². The first kappa shape index (κ1) is 17.9. The Kier molecular flexibility index (Phi) is 5.16. The molecule has 0 bridgehead atoms. The number of rotatable bonds is 6. The molecule has 3 heteroatoms. The number of carbonyl (C=O) groups is 1. The van der Waals surface area contributed by atoms with Crippen LogP contribution in [0, 0.1) is 6.92 Å². The second-order valence-electron chi connectivity index (χ2n) is 7.04. The Hall–Kier alpha value is -3.46. The molecule has 0 aliphatic heterocycles. The molecule has 0 saturated heterocycles. The van der Waals surface area contributed by atoms with Crippen LogP contribution in [-0.4, -0.2) is 10.8 Å². The molecule has 138 valence electrons. The Balaban J connectivity index is 1.61. The van der Waals surface area contributed by atoms with Crippen molar-refractivity contribution in [1.82, 2.24) is 4.98 Å². The smallest absolute Gasteiger partial charge is 0.165 e. The van der Waals surface area contributed by atoms with Crippen molar-refractivity contribution < 1.29 is 4.79 Å². The molecule has 1 N–H and O–H groups in total. The molecule has 4 aromatic rings. The zero-order chi connectivity index (χ0) is 19.3. The van der Waals surface area contributed by atoms with Crippen LogP contribution in [0.15, 0.2) is 91.3 Å². The van der Waals surface area contributed by atoms with Crippen LogP contribution in [0.2, 0.25) is 0 Å². The highest BCUT2D eigenvalue weighted by atomic mass is 16.1. The molecule has 0 fully saturated rings. The van der Waals surface area contributed by atoms with Gasteiger partial charge in [-0.15, -0.1) is 0 Å². The molecule has 0 radical (unpaired) electrons. The summed E-state index contributed by atoms with van der Waals surface area (Å²) >= 11 is 0. The fourth-order valence-electron chi connectivity index (χ4n) is 3.36. The van der Waals surface area contributed by atoms with Gasteiger partial charge >= 0.3 is 0 Å². The Morgan fingerprint density at radius 3 is 2.46 bits per heavy atom. The zero-order valence-corrected chi connectivity index (χ0v) is 15.8. The lowest BCUT2D eigenvalue weighted by atomic mass is 9.98. The number of Topliss-reactive ketones (excluding diaryl/α,β-unsaturated/α-hetero) is 1. The van der Waals surface area contributed by atoms with Crippen LogP contribution >= 0.6 is 0 Å². The average molecular weight is 366 g/mol. The van der Waals surface area contributed by atoms with E-state index in [0.717, 1.165) is 22.4 Å². The van der Waals surface area contributed by atoms with Gasteiger partial charge in [0.25, 0.3) is 0 Å². The lowest BCUT2D eigenvalue weighted by molar-refractivity contribution is 0.0976. The van der Waals surface area contributed by atoms with Crippen molar-refractivity contribution in [1.29, 1.82) is 0 Å². The molecule has 0 aliphatic rings. The summed E-state index contributed by atoms with van der Waals surface area (Å²) in [5.74, 6) is 0.113. The SMILES string of the molecule is Cc1ccc(C(=O)CC(Nc2ccc3ccccc3c2)c2cccnc2)cc1. The maximum atomic E-state index is 12.9. The van der Waals surface area contributed by atoms with Gasteiger partial charge in [0.05, 0.1) is 6.04 Å². The van der Waals surface area contributed by atoms with Gasteiger partial charge in [-0.3, -0.25) is 9.78 Å². The third-order valence-corrected chi connectivity index (χ3v) is 4.94. The molecule has 0 aliphatic carbocycles. The molecule has 3 nitrogen and oxygen atoms in total. The lowest BCUT2D eigenvalue weighted by Gasteiger charge is -2.20. The summed E-state index contributed by atoms with van der Waals surface area (Å²) in [5.41, 5.74) is 3.87. The van der Waals surface area contributed by atoms with E-state index in [1.807, 2.05) is 61.7 Å². The minimum atomic E-state index is -0.149. The first-order valence-corrected chi connectivity index (χ1v) is 9.44. The van der Waals surface area contributed by atoms with Crippen molar-refractivity contribution in [3.63, 3.8) is 0 Å². The molecule has 0 spiro atoms. The molecule has 3 aromatic carbocycles. The van der Waals surface area contributed by atoms with Crippen molar-refractivity contribution in [3.8, 4) is 0 Å². The quantitative estimate of drug-likeness (QED) is 0.428. The Bertz CT molecular complexity index is 1090. The van der Waals surface area contributed by atoms with E-state index in [9.17, 15) is 4.79 Å². The molecule has 1 unspecified atom stereocenters. The van der Waals surface area contributed by atoms with Crippen LogP contribution in [0.4, 0.5) is 5.69 Å². The highest BCUT2D eigenvalue weighted by Crippen LogP contribution is 2.26. The van der Waals surface area contributed by atoms with Gasteiger partial charge in [-0.25, -0.2) is 0 Å². The molecule has 4 rings (SSSR count). The molecule has 0 amide bonds. The Morgan fingerprint density at radius 1 is 0.929 bits per heavy atom. The van der Waals surface area contributed by atoms with Gasteiger partial charge < -0.3 is 5.32 Å². The predicted molar refractivity (Wildman–Crippen MR) is 115 cm³/mol. The van der Waals surface area contributed by atoms with Crippen LogP contribution in [0.5, 0.6) is 0 Å². The molecule has 28 heavy (non-hydrogen) atoms. The third kappa shape index (κ3) is 4.09. The number of carbonyl (C=O) groups excluding carboxylic acids is 1. The summed E-state index contributed by atoms with van der Waals surface area (Å²) < 4.78 is 0. The standard InChI is InChI=1S/C25H22N2O/c1-18-8-10-20(11-9-18)25(28)16-24(22-7-4-14-26-17-22)27-23-13-12-19-5-2-3-6-21(19)15-23/h2-15,17,24,27H,16H2,1H3. The minimum absolute atomic E-state index is 0.113. The number of pyridine rings is 1. The van der Waals surface area contributed by atoms with Gasteiger partial charge in [0, 0.05) is 30.1 Å². The van der Waals surface area contributed by atoms with Crippen molar-refractivity contribution in [2.24, 2.45) is 0 Å². The fraction of sp³-hybridized carbons (Fsp3) is 0.120. The van der Waals surface area contributed by atoms with Crippen molar-refractivity contribution in [2.45, 2.75) is 19.4 Å². The zero-order valence-electron chi connectivity index (χ0n) is 15.8. The number of ketones is 1. The molecule has 1 atom stereocenters. The summed E-state index contributed by atoms with van der Waals surface area (Å²) in [6, 6.07) is 26.0. The number of fused-ring (bicyclic) bond motifs is 1.